The maximum atomic E-state index is 4.26. The number of hydrogen-bond acceptors (Lipinski definition) is 2. The van der Waals surface area contributed by atoms with Crippen molar-refractivity contribution in [2.24, 2.45) is 12.5 Å². The lowest BCUT2D eigenvalue weighted by molar-refractivity contribution is 0.247. The van der Waals surface area contributed by atoms with E-state index in [0.29, 0.717) is 5.41 Å². The van der Waals surface area contributed by atoms with Crippen LogP contribution in [0.2, 0.25) is 0 Å². The molecule has 1 rings (SSSR count). The van der Waals surface area contributed by atoms with Gasteiger partial charge in [-0.1, -0.05) is 20.8 Å². The van der Waals surface area contributed by atoms with Gasteiger partial charge in [0.05, 0.1) is 6.20 Å². The smallest absolute Gasteiger partial charge is 0.0521 e. The molecule has 0 atom stereocenters. The van der Waals surface area contributed by atoms with E-state index in [-0.39, 0.29) is 0 Å². The van der Waals surface area contributed by atoms with Gasteiger partial charge in [0, 0.05) is 19.8 Å². The van der Waals surface area contributed by atoms with Crippen LogP contribution in [0.25, 0.3) is 0 Å². The Kier molecular flexibility index (Phi) is 5.69. The molecule has 17 heavy (non-hydrogen) atoms. The second kappa shape index (κ2) is 6.80. The molecule has 1 aromatic heterocycles. The van der Waals surface area contributed by atoms with Gasteiger partial charge in [0.2, 0.25) is 0 Å². The van der Waals surface area contributed by atoms with Crippen LogP contribution in [0.4, 0.5) is 0 Å². The normalized spacial score (nSPS) is 12.0. The molecule has 3 heteroatoms. The van der Waals surface area contributed by atoms with Crippen molar-refractivity contribution in [2.75, 3.05) is 13.1 Å². The Labute approximate surface area is 106 Å². The molecule has 0 spiro atoms. The molecule has 0 fully saturated rings. The molecule has 3 nitrogen and oxygen atoms in total. The highest BCUT2D eigenvalue weighted by Gasteiger charge is 2.26. The van der Waals surface area contributed by atoms with Gasteiger partial charge in [-0.25, -0.2) is 0 Å². The van der Waals surface area contributed by atoms with Gasteiger partial charge in [-0.2, -0.15) is 5.10 Å². The van der Waals surface area contributed by atoms with Crippen LogP contribution in [0.5, 0.6) is 0 Å². The monoisotopic (exact) mass is 237 g/mol. The molecule has 98 valence electrons. The largest absolute Gasteiger partial charge is 0.316 e. The first-order chi connectivity index (χ1) is 8.15. The first kappa shape index (κ1) is 14.2. The van der Waals surface area contributed by atoms with E-state index in [1.807, 2.05) is 17.9 Å². The van der Waals surface area contributed by atoms with Crippen molar-refractivity contribution in [1.29, 1.82) is 0 Å². The summed E-state index contributed by atoms with van der Waals surface area (Å²) in [6, 6.07) is 0. The summed E-state index contributed by atoms with van der Waals surface area (Å²) >= 11 is 0. The van der Waals surface area contributed by atoms with Crippen molar-refractivity contribution in [2.45, 2.75) is 46.5 Å². The van der Waals surface area contributed by atoms with Crippen molar-refractivity contribution in [3.8, 4) is 0 Å². The topological polar surface area (TPSA) is 29.9 Å². The number of hydrogen-bond donors (Lipinski definition) is 1. The highest BCUT2D eigenvalue weighted by molar-refractivity contribution is 5.07. The molecule has 0 aliphatic heterocycles. The molecule has 0 radical (unpaired) electrons. The molecule has 0 aliphatic rings. The molecule has 0 bridgehead atoms. The van der Waals surface area contributed by atoms with Gasteiger partial charge in [0.1, 0.15) is 0 Å². The van der Waals surface area contributed by atoms with Crippen molar-refractivity contribution < 1.29 is 0 Å². The van der Waals surface area contributed by atoms with Crippen LogP contribution in [0, 0.1) is 5.41 Å². The fourth-order valence-electron chi connectivity index (χ4n) is 2.34. The third-order valence-corrected chi connectivity index (χ3v) is 3.76. The van der Waals surface area contributed by atoms with Gasteiger partial charge in [-0.15, -0.1) is 0 Å². The standard InChI is InChI=1S/C14H27N3/c1-5-8-15-12-14(6-2,7-3)9-13-10-16-17(4)11-13/h10-11,15H,5-9,12H2,1-4H3. The zero-order valence-corrected chi connectivity index (χ0v) is 11.8. The number of aromatic nitrogens is 2. The second-order valence-corrected chi connectivity index (χ2v) is 5.08. The van der Waals surface area contributed by atoms with Crippen LogP contribution in [-0.4, -0.2) is 22.9 Å². The number of rotatable bonds is 8. The molecule has 0 unspecified atom stereocenters. The molecule has 0 saturated heterocycles. The van der Waals surface area contributed by atoms with E-state index in [4.69, 9.17) is 0 Å². The summed E-state index contributed by atoms with van der Waals surface area (Å²) in [5.41, 5.74) is 1.74. The summed E-state index contributed by atoms with van der Waals surface area (Å²) < 4.78 is 1.89. The van der Waals surface area contributed by atoms with Crippen molar-refractivity contribution in [1.82, 2.24) is 15.1 Å². The van der Waals surface area contributed by atoms with Crippen LogP contribution in [0.1, 0.15) is 45.6 Å². The Balaban J connectivity index is 2.63. The van der Waals surface area contributed by atoms with Gasteiger partial charge in [-0.05, 0) is 43.2 Å². The minimum absolute atomic E-state index is 0.387. The Morgan fingerprint density at radius 3 is 2.47 bits per heavy atom. The molecule has 0 amide bonds. The van der Waals surface area contributed by atoms with E-state index < -0.39 is 0 Å². The lowest BCUT2D eigenvalue weighted by Gasteiger charge is -2.31. The van der Waals surface area contributed by atoms with Gasteiger partial charge < -0.3 is 5.32 Å². The lowest BCUT2D eigenvalue weighted by Crippen LogP contribution is -2.35. The number of nitrogens with zero attached hydrogens (tertiary/aromatic N) is 2. The third kappa shape index (κ3) is 4.15. The van der Waals surface area contributed by atoms with E-state index in [9.17, 15) is 0 Å². The SMILES string of the molecule is CCCNCC(CC)(CC)Cc1cnn(C)c1. The minimum atomic E-state index is 0.387. The average molecular weight is 237 g/mol. The summed E-state index contributed by atoms with van der Waals surface area (Å²) in [7, 11) is 1.98. The summed E-state index contributed by atoms with van der Waals surface area (Å²) in [4.78, 5) is 0. The van der Waals surface area contributed by atoms with E-state index in [1.165, 1.54) is 24.8 Å². The van der Waals surface area contributed by atoms with E-state index in [0.717, 1.165) is 19.5 Å². The summed E-state index contributed by atoms with van der Waals surface area (Å²) in [5.74, 6) is 0. The fourth-order valence-corrected chi connectivity index (χ4v) is 2.34. The van der Waals surface area contributed by atoms with Crippen LogP contribution < -0.4 is 5.32 Å². The second-order valence-electron chi connectivity index (χ2n) is 5.08. The summed E-state index contributed by atoms with van der Waals surface area (Å²) in [6.45, 7) is 9.05. The molecule has 0 aromatic carbocycles. The van der Waals surface area contributed by atoms with Gasteiger partial charge in [0.25, 0.3) is 0 Å². The van der Waals surface area contributed by atoms with Gasteiger partial charge >= 0.3 is 0 Å². The van der Waals surface area contributed by atoms with E-state index >= 15 is 0 Å². The van der Waals surface area contributed by atoms with E-state index in [1.54, 1.807) is 0 Å². The quantitative estimate of drug-likeness (QED) is 0.705. The van der Waals surface area contributed by atoms with Crippen molar-refractivity contribution >= 4 is 0 Å². The zero-order chi connectivity index (χ0) is 12.7. The number of nitrogens with one attached hydrogen (secondary N) is 1. The Bertz CT molecular complexity index is 313. The van der Waals surface area contributed by atoms with Crippen LogP contribution >= 0.6 is 0 Å². The predicted octanol–water partition coefficient (Wildman–Crippen LogP) is 2.77. The molecule has 0 aliphatic carbocycles. The van der Waals surface area contributed by atoms with Gasteiger partial charge in [0.15, 0.2) is 0 Å². The first-order valence-electron chi connectivity index (χ1n) is 6.84. The zero-order valence-electron chi connectivity index (χ0n) is 11.8. The Morgan fingerprint density at radius 1 is 1.29 bits per heavy atom. The minimum Gasteiger partial charge on any atom is -0.316 e. The van der Waals surface area contributed by atoms with Crippen LogP contribution in [-0.2, 0) is 13.5 Å². The Morgan fingerprint density at radius 2 is 2.00 bits per heavy atom. The molecule has 1 N–H and O–H groups in total. The summed E-state index contributed by atoms with van der Waals surface area (Å²) in [6.07, 6.45) is 8.91. The molecule has 1 aromatic rings. The maximum Gasteiger partial charge on any atom is 0.0521 e. The van der Waals surface area contributed by atoms with E-state index in [2.05, 4.69) is 37.4 Å². The predicted molar refractivity (Wildman–Crippen MR) is 73.1 cm³/mol. The Hall–Kier alpha value is -0.830. The number of aryl methyl sites for hydroxylation is 1. The maximum absolute atomic E-state index is 4.26. The van der Waals surface area contributed by atoms with Crippen LogP contribution in [0.3, 0.4) is 0 Å². The third-order valence-electron chi connectivity index (χ3n) is 3.76. The molecule has 0 saturated carbocycles. The molecule has 1 heterocycles. The highest BCUT2D eigenvalue weighted by atomic mass is 15.2. The van der Waals surface area contributed by atoms with Crippen LogP contribution in [0.15, 0.2) is 12.4 Å². The highest BCUT2D eigenvalue weighted by Crippen LogP contribution is 2.30. The summed E-state index contributed by atoms with van der Waals surface area (Å²) in [5, 5.41) is 7.84. The lowest BCUT2D eigenvalue weighted by atomic mass is 9.77. The van der Waals surface area contributed by atoms with Gasteiger partial charge in [-0.3, -0.25) is 4.68 Å². The van der Waals surface area contributed by atoms with Crippen molar-refractivity contribution in [3.05, 3.63) is 18.0 Å². The average Bonchev–Trinajstić information content (AvgIpc) is 2.73. The molecular formula is C14H27N3. The molecular weight excluding hydrogens is 210 g/mol. The van der Waals surface area contributed by atoms with Crippen molar-refractivity contribution in [3.63, 3.8) is 0 Å². The first-order valence-corrected chi connectivity index (χ1v) is 6.84. The fraction of sp³-hybridized carbons (Fsp3) is 0.786.